The molecule has 0 aliphatic rings. The fourth-order valence-electron chi connectivity index (χ4n) is 1.06. The number of aldehydes is 1. The highest BCUT2D eigenvalue weighted by Gasteiger charge is 2.05. The van der Waals surface area contributed by atoms with E-state index < -0.39 is 0 Å². The van der Waals surface area contributed by atoms with Crippen LogP contribution in [0.5, 0.6) is 11.5 Å². The van der Waals surface area contributed by atoms with Crippen LogP contribution in [-0.4, -0.2) is 18.5 Å². The first kappa shape index (κ1) is 8.59. The Labute approximate surface area is 70.6 Å². The molecule has 3 nitrogen and oxygen atoms in total. The predicted octanol–water partition coefficient (Wildman–Crippen LogP) is 1.14. The maximum Gasteiger partial charge on any atom is 0.164 e. The van der Waals surface area contributed by atoms with Crippen LogP contribution in [0.15, 0.2) is 18.2 Å². The van der Waals surface area contributed by atoms with Crippen LogP contribution in [0.1, 0.15) is 5.56 Å². The van der Waals surface area contributed by atoms with E-state index in [4.69, 9.17) is 4.74 Å². The van der Waals surface area contributed by atoms with Crippen molar-refractivity contribution < 1.29 is 14.6 Å². The summed E-state index contributed by atoms with van der Waals surface area (Å²) in [6.45, 7) is 0. The van der Waals surface area contributed by atoms with Crippen LogP contribution in [0.4, 0.5) is 0 Å². The minimum absolute atomic E-state index is 0.0665. The van der Waals surface area contributed by atoms with E-state index >= 15 is 0 Å². The molecule has 0 atom stereocenters. The molecule has 0 aliphatic carbocycles. The van der Waals surface area contributed by atoms with Crippen LogP contribution < -0.4 is 4.74 Å². The Balaban J connectivity index is 3.08. The first-order valence-electron chi connectivity index (χ1n) is 3.58. The number of benzene rings is 1. The SMILES string of the molecule is COc1c(O)cccc1CC=O. The number of rotatable bonds is 3. The van der Waals surface area contributed by atoms with E-state index in [0.717, 1.165) is 6.29 Å². The number of phenols is 1. The quantitative estimate of drug-likeness (QED) is 0.685. The van der Waals surface area contributed by atoms with Gasteiger partial charge in [0.25, 0.3) is 0 Å². The molecule has 0 saturated heterocycles. The lowest BCUT2D eigenvalue weighted by Gasteiger charge is -2.06. The highest BCUT2D eigenvalue weighted by molar-refractivity contribution is 5.59. The molecule has 0 heterocycles. The normalized spacial score (nSPS) is 9.42. The third-order valence-corrected chi connectivity index (χ3v) is 1.58. The van der Waals surface area contributed by atoms with Gasteiger partial charge >= 0.3 is 0 Å². The Hall–Kier alpha value is -1.51. The van der Waals surface area contributed by atoms with Crippen molar-refractivity contribution in [1.82, 2.24) is 0 Å². The summed E-state index contributed by atoms with van der Waals surface area (Å²) in [4.78, 5) is 10.2. The molecule has 0 radical (unpaired) electrons. The number of carbonyl (C=O) groups is 1. The van der Waals surface area contributed by atoms with Gasteiger partial charge in [0.1, 0.15) is 6.29 Å². The van der Waals surface area contributed by atoms with E-state index in [2.05, 4.69) is 0 Å². The van der Waals surface area contributed by atoms with Crippen molar-refractivity contribution in [2.45, 2.75) is 6.42 Å². The summed E-state index contributed by atoms with van der Waals surface area (Å²) in [5.41, 5.74) is 0.701. The summed E-state index contributed by atoms with van der Waals surface area (Å²) in [5.74, 6) is 0.446. The Kier molecular flexibility index (Phi) is 2.69. The van der Waals surface area contributed by atoms with Gasteiger partial charge in [-0.15, -0.1) is 0 Å². The van der Waals surface area contributed by atoms with Crippen molar-refractivity contribution in [3.8, 4) is 11.5 Å². The molecule has 0 aliphatic heterocycles. The summed E-state index contributed by atoms with van der Waals surface area (Å²) >= 11 is 0. The first-order valence-corrected chi connectivity index (χ1v) is 3.58. The van der Waals surface area contributed by atoms with Crippen LogP contribution in [-0.2, 0) is 11.2 Å². The third kappa shape index (κ3) is 1.56. The molecule has 0 saturated carbocycles. The molecular formula is C9H10O3. The minimum Gasteiger partial charge on any atom is -0.504 e. The Bertz CT molecular complexity index is 281. The molecule has 1 N–H and O–H groups in total. The van der Waals surface area contributed by atoms with E-state index in [-0.39, 0.29) is 12.2 Å². The van der Waals surface area contributed by atoms with Crippen LogP contribution in [0.25, 0.3) is 0 Å². The molecule has 0 amide bonds. The third-order valence-electron chi connectivity index (χ3n) is 1.58. The second kappa shape index (κ2) is 3.76. The number of carbonyl (C=O) groups excluding carboxylic acids is 1. The number of para-hydroxylation sites is 1. The molecule has 3 heteroatoms. The molecule has 0 fully saturated rings. The molecule has 1 aromatic rings. The Morgan fingerprint density at radius 1 is 1.58 bits per heavy atom. The van der Waals surface area contributed by atoms with Gasteiger partial charge in [0.2, 0.25) is 0 Å². The Morgan fingerprint density at radius 2 is 2.33 bits per heavy atom. The number of methoxy groups -OCH3 is 1. The maximum absolute atomic E-state index is 10.2. The molecule has 0 unspecified atom stereocenters. The van der Waals surface area contributed by atoms with Gasteiger partial charge in [-0.25, -0.2) is 0 Å². The standard InChI is InChI=1S/C9H10O3/c1-12-9-7(5-6-10)3-2-4-8(9)11/h2-4,6,11H,5H2,1H3. The second-order valence-electron chi connectivity index (χ2n) is 2.34. The zero-order valence-corrected chi connectivity index (χ0v) is 6.78. The van der Waals surface area contributed by atoms with Crippen molar-refractivity contribution in [1.29, 1.82) is 0 Å². The van der Waals surface area contributed by atoms with Crippen LogP contribution in [0.3, 0.4) is 0 Å². The summed E-state index contributed by atoms with van der Waals surface area (Å²) in [5, 5.41) is 9.28. The maximum atomic E-state index is 10.2. The average Bonchev–Trinajstić information content (AvgIpc) is 2.05. The van der Waals surface area contributed by atoms with Crippen molar-refractivity contribution in [2.24, 2.45) is 0 Å². The van der Waals surface area contributed by atoms with Crippen molar-refractivity contribution in [2.75, 3.05) is 7.11 Å². The molecule has 0 spiro atoms. The molecule has 0 bridgehead atoms. The number of ether oxygens (including phenoxy) is 1. The second-order valence-corrected chi connectivity index (χ2v) is 2.34. The molecule has 1 aromatic carbocycles. The van der Waals surface area contributed by atoms with Gasteiger partial charge in [-0.1, -0.05) is 12.1 Å². The molecular weight excluding hydrogens is 156 g/mol. The zero-order valence-electron chi connectivity index (χ0n) is 6.78. The van der Waals surface area contributed by atoms with E-state index in [0.29, 0.717) is 11.3 Å². The van der Waals surface area contributed by atoms with Gasteiger partial charge in [0, 0.05) is 12.0 Å². The highest BCUT2D eigenvalue weighted by Crippen LogP contribution is 2.29. The predicted molar refractivity (Wildman–Crippen MR) is 44.4 cm³/mol. The smallest absolute Gasteiger partial charge is 0.164 e. The molecule has 0 aromatic heterocycles. The Morgan fingerprint density at radius 3 is 2.92 bits per heavy atom. The van der Waals surface area contributed by atoms with Gasteiger partial charge in [0.15, 0.2) is 11.5 Å². The fraction of sp³-hybridized carbons (Fsp3) is 0.222. The van der Waals surface area contributed by atoms with Crippen LogP contribution >= 0.6 is 0 Å². The van der Waals surface area contributed by atoms with E-state index in [9.17, 15) is 9.90 Å². The number of hydrogen-bond acceptors (Lipinski definition) is 3. The lowest BCUT2D eigenvalue weighted by molar-refractivity contribution is -0.107. The number of aromatic hydroxyl groups is 1. The van der Waals surface area contributed by atoms with Gasteiger partial charge in [-0.05, 0) is 6.07 Å². The van der Waals surface area contributed by atoms with Gasteiger partial charge in [-0.3, -0.25) is 0 Å². The molecule has 64 valence electrons. The van der Waals surface area contributed by atoms with E-state index in [1.165, 1.54) is 13.2 Å². The van der Waals surface area contributed by atoms with Crippen molar-refractivity contribution in [3.63, 3.8) is 0 Å². The van der Waals surface area contributed by atoms with Gasteiger partial charge in [-0.2, -0.15) is 0 Å². The highest BCUT2D eigenvalue weighted by atomic mass is 16.5. The summed E-state index contributed by atoms with van der Waals surface area (Å²) in [6, 6.07) is 4.94. The van der Waals surface area contributed by atoms with Crippen molar-refractivity contribution in [3.05, 3.63) is 23.8 Å². The van der Waals surface area contributed by atoms with E-state index in [1.807, 2.05) is 0 Å². The topological polar surface area (TPSA) is 46.5 Å². The zero-order chi connectivity index (χ0) is 8.97. The van der Waals surface area contributed by atoms with Crippen molar-refractivity contribution >= 4 is 6.29 Å². The first-order chi connectivity index (χ1) is 5.79. The summed E-state index contributed by atoms with van der Waals surface area (Å²) < 4.78 is 4.92. The van der Waals surface area contributed by atoms with E-state index in [1.54, 1.807) is 12.1 Å². The molecule has 1 rings (SSSR count). The minimum atomic E-state index is 0.0665. The summed E-state index contributed by atoms with van der Waals surface area (Å²) in [7, 11) is 1.46. The summed E-state index contributed by atoms with van der Waals surface area (Å²) in [6.07, 6.45) is 1.04. The molecule has 12 heavy (non-hydrogen) atoms. The fourth-order valence-corrected chi connectivity index (χ4v) is 1.06. The van der Waals surface area contributed by atoms with Crippen LogP contribution in [0.2, 0.25) is 0 Å². The lowest BCUT2D eigenvalue weighted by Crippen LogP contribution is -1.92. The largest absolute Gasteiger partial charge is 0.504 e. The number of phenolic OH excluding ortho intramolecular Hbond substituents is 1. The monoisotopic (exact) mass is 166 g/mol. The lowest BCUT2D eigenvalue weighted by atomic mass is 10.1. The number of hydrogen-bond donors (Lipinski definition) is 1. The average molecular weight is 166 g/mol. The van der Waals surface area contributed by atoms with Gasteiger partial charge < -0.3 is 14.6 Å². The van der Waals surface area contributed by atoms with Gasteiger partial charge in [0.05, 0.1) is 7.11 Å². The van der Waals surface area contributed by atoms with Crippen LogP contribution in [0, 0.1) is 0 Å².